The molecule has 1 aliphatic heterocycles. The number of nitrogens with zero attached hydrogens (tertiary/aromatic N) is 1. The number of Topliss-reactive ketones (excluding diaryl/α,β-unsaturated/α-hetero) is 1. The summed E-state index contributed by atoms with van der Waals surface area (Å²) in [5, 5.41) is 2.58. The minimum Gasteiger partial charge on any atom is -0.434 e. The molecule has 10 nitrogen and oxygen atoms in total. The standard InChI is InChI=1S/C24H37N2O8P/c1-18(27)12-13-25-22(28)21(24(2,3)4)34-35(30,31-5)33-17-32-23(29)20-10-8-19(9-11-20)16-26-14-6-7-15-26/h8-11,21H,6-7,12-17H2,1-5H3,(H,25,28)/t21-,35?/m0/s1. The van der Waals surface area contributed by atoms with Crippen LogP contribution >= 0.6 is 7.82 Å². The van der Waals surface area contributed by atoms with E-state index in [2.05, 4.69) is 10.2 Å². The number of hydrogen-bond acceptors (Lipinski definition) is 9. The fourth-order valence-corrected chi connectivity index (χ4v) is 4.59. The maximum absolute atomic E-state index is 13.0. The van der Waals surface area contributed by atoms with Gasteiger partial charge in [0.25, 0.3) is 0 Å². The van der Waals surface area contributed by atoms with Gasteiger partial charge in [-0.1, -0.05) is 32.9 Å². The first kappa shape index (κ1) is 29.1. The van der Waals surface area contributed by atoms with Crippen molar-refractivity contribution in [3.8, 4) is 0 Å². The van der Waals surface area contributed by atoms with Gasteiger partial charge >= 0.3 is 13.8 Å². The van der Waals surface area contributed by atoms with Crippen LogP contribution < -0.4 is 5.32 Å². The van der Waals surface area contributed by atoms with E-state index >= 15 is 0 Å². The Kier molecular flexibility index (Phi) is 11.0. The molecule has 11 heteroatoms. The Balaban J connectivity index is 1.90. The molecule has 1 fully saturated rings. The van der Waals surface area contributed by atoms with Crippen LogP contribution in [0, 0.1) is 5.41 Å². The van der Waals surface area contributed by atoms with Crippen molar-refractivity contribution < 1.29 is 37.3 Å². The molecular weight excluding hydrogens is 475 g/mol. The number of phosphoric acid groups is 1. The Labute approximate surface area is 207 Å². The van der Waals surface area contributed by atoms with Crippen molar-refractivity contribution >= 4 is 25.5 Å². The lowest BCUT2D eigenvalue weighted by Crippen LogP contribution is -2.44. The number of phosphoric ester groups is 1. The molecule has 0 aliphatic carbocycles. The van der Waals surface area contributed by atoms with Gasteiger partial charge in [-0.2, -0.15) is 0 Å². The van der Waals surface area contributed by atoms with Crippen molar-refractivity contribution in [2.75, 3.05) is 33.5 Å². The maximum Gasteiger partial charge on any atom is 0.478 e. The average Bonchev–Trinajstić information content (AvgIpc) is 3.30. The van der Waals surface area contributed by atoms with Crippen molar-refractivity contribution in [1.82, 2.24) is 10.2 Å². The van der Waals surface area contributed by atoms with Gasteiger partial charge in [0.1, 0.15) is 5.78 Å². The highest BCUT2D eigenvalue weighted by Gasteiger charge is 2.40. The third kappa shape index (κ3) is 9.82. The van der Waals surface area contributed by atoms with Crippen LogP contribution in [0.2, 0.25) is 0 Å². The minimum atomic E-state index is -4.24. The largest absolute Gasteiger partial charge is 0.478 e. The summed E-state index contributed by atoms with van der Waals surface area (Å²) in [6.07, 6.45) is 1.37. The third-order valence-corrected chi connectivity index (χ3v) is 6.79. The van der Waals surface area contributed by atoms with E-state index in [0.717, 1.165) is 32.3 Å². The predicted octanol–water partition coefficient (Wildman–Crippen LogP) is 3.69. The lowest BCUT2D eigenvalue weighted by atomic mass is 9.88. The van der Waals surface area contributed by atoms with E-state index in [-0.39, 0.29) is 18.7 Å². The summed E-state index contributed by atoms with van der Waals surface area (Å²) in [4.78, 5) is 38.4. The molecule has 0 bridgehead atoms. The molecule has 0 aromatic heterocycles. The van der Waals surface area contributed by atoms with Gasteiger partial charge in [0.2, 0.25) is 12.7 Å². The first-order valence-corrected chi connectivity index (χ1v) is 13.1. The number of ketones is 1. The second-order valence-corrected chi connectivity index (χ2v) is 11.3. The van der Waals surface area contributed by atoms with E-state index in [1.807, 2.05) is 12.1 Å². The topological polar surface area (TPSA) is 120 Å². The molecule has 1 aromatic rings. The van der Waals surface area contributed by atoms with Crippen LogP contribution in [0.25, 0.3) is 0 Å². The number of likely N-dealkylation sites (tertiary alicyclic amines) is 1. The summed E-state index contributed by atoms with van der Waals surface area (Å²) in [6.45, 7) is 9.00. The fraction of sp³-hybridized carbons (Fsp3) is 0.625. The lowest BCUT2D eigenvalue weighted by molar-refractivity contribution is -0.134. The molecule has 35 heavy (non-hydrogen) atoms. The first-order valence-electron chi connectivity index (χ1n) is 11.7. The zero-order valence-electron chi connectivity index (χ0n) is 21.2. The number of ether oxygens (including phenoxy) is 1. The van der Waals surface area contributed by atoms with E-state index in [0.29, 0.717) is 5.56 Å². The van der Waals surface area contributed by atoms with Crippen molar-refractivity contribution in [3.63, 3.8) is 0 Å². The van der Waals surface area contributed by atoms with E-state index < -0.39 is 38.0 Å². The SMILES string of the molecule is COP(=O)(OCOC(=O)c1ccc(CN2CCCC2)cc1)O[C@@H](C(=O)NCCC(C)=O)C(C)(C)C. The number of esters is 1. The van der Waals surface area contributed by atoms with E-state index in [4.69, 9.17) is 18.3 Å². The molecule has 1 amide bonds. The molecule has 1 heterocycles. The lowest BCUT2D eigenvalue weighted by Gasteiger charge is -2.31. The van der Waals surface area contributed by atoms with Gasteiger partial charge in [0, 0.05) is 26.6 Å². The molecule has 1 aliphatic rings. The number of nitrogens with one attached hydrogen (secondary N) is 1. The fourth-order valence-electron chi connectivity index (χ4n) is 3.48. The molecule has 0 radical (unpaired) electrons. The molecule has 0 saturated carbocycles. The molecule has 2 atom stereocenters. The van der Waals surface area contributed by atoms with Crippen molar-refractivity contribution in [2.45, 2.75) is 59.6 Å². The van der Waals surface area contributed by atoms with Gasteiger partial charge in [0.05, 0.1) is 5.56 Å². The predicted molar refractivity (Wildman–Crippen MR) is 130 cm³/mol. The summed E-state index contributed by atoms with van der Waals surface area (Å²) in [7, 11) is -3.14. The number of benzene rings is 1. The van der Waals surface area contributed by atoms with E-state index in [1.54, 1.807) is 32.9 Å². The van der Waals surface area contributed by atoms with Gasteiger partial charge in [-0.3, -0.25) is 23.5 Å². The Morgan fingerprint density at radius 2 is 1.74 bits per heavy atom. The van der Waals surface area contributed by atoms with Crippen LogP contribution in [0.4, 0.5) is 0 Å². The highest BCUT2D eigenvalue weighted by atomic mass is 31.2. The molecule has 1 saturated heterocycles. The Morgan fingerprint density at radius 3 is 2.29 bits per heavy atom. The Morgan fingerprint density at radius 1 is 1.11 bits per heavy atom. The molecule has 2 rings (SSSR count). The zero-order chi connectivity index (χ0) is 26.1. The molecule has 1 aromatic carbocycles. The number of amides is 1. The van der Waals surface area contributed by atoms with Gasteiger partial charge < -0.3 is 10.1 Å². The smallest absolute Gasteiger partial charge is 0.434 e. The van der Waals surface area contributed by atoms with Crippen molar-refractivity contribution in [2.24, 2.45) is 5.41 Å². The molecule has 196 valence electrons. The minimum absolute atomic E-state index is 0.0764. The van der Waals surface area contributed by atoms with Gasteiger partial charge in [-0.05, 0) is 56.0 Å². The molecule has 0 spiro atoms. The van der Waals surface area contributed by atoms with Gasteiger partial charge in [-0.25, -0.2) is 13.9 Å². The first-order chi connectivity index (χ1) is 16.4. The van der Waals surface area contributed by atoms with Crippen molar-refractivity contribution in [3.05, 3.63) is 35.4 Å². The number of carbonyl (C=O) groups is 3. The highest BCUT2D eigenvalue weighted by molar-refractivity contribution is 7.48. The number of hydrogen-bond donors (Lipinski definition) is 1. The Bertz CT molecular complexity index is 907. The summed E-state index contributed by atoms with van der Waals surface area (Å²) in [6, 6.07) is 7.08. The van der Waals surface area contributed by atoms with Crippen LogP contribution in [0.1, 0.15) is 62.9 Å². The monoisotopic (exact) mass is 512 g/mol. The highest BCUT2D eigenvalue weighted by Crippen LogP contribution is 2.51. The van der Waals surface area contributed by atoms with Crippen LogP contribution in [-0.4, -0.2) is 62.2 Å². The molecule has 1 unspecified atom stereocenters. The summed E-state index contributed by atoms with van der Waals surface area (Å²) >= 11 is 0. The second-order valence-electron chi connectivity index (χ2n) is 9.58. The second kappa shape index (κ2) is 13.3. The summed E-state index contributed by atoms with van der Waals surface area (Å²) in [5.41, 5.74) is 0.655. The van der Waals surface area contributed by atoms with Crippen LogP contribution in [-0.2, 0) is 39.0 Å². The van der Waals surface area contributed by atoms with Crippen LogP contribution in [0.3, 0.4) is 0 Å². The number of carbonyl (C=O) groups excluding carboxylic acids is 3. The van der Waals surface area contributed by atoms with E-state index in [9.17, 15) is 18.9 Å². The third-order valence-electron chi connectivity index (χ3n) is 5.45. The zero-order valence-corrected chi connectivity index (χ0v) is 22.1. The van der Waals surface area contributed by atoms with Crippen LogP contribution in [0.15, 0.2) is 24.3 Å². The van der Waals surface area contributed by atoms with Crippen LogP contribution in [0.5, 0.6) is 0 Å². The molecule has 1 N–H and O–H groups in total. The summed E-state index contributed by atoms with van der Waals surface area (Å²) in [5.74, 6) is -1.30. The van der Waals surface area contributed by atoms with Gasteiger partial charge in [-0.15, -0.1) is 0 Å². The average molecular weight is 513 g/mol. The number of rotatable bonds is 13. The van der Waals surface area contributed by atoms with Crippen molar-refractivity contribution in [1.29, 1.82) is 0 Å². The maximum atomic E-state index is 13.0. The molecular formula is C24H37N2O8P. The van der Waals surface area contributed by atoms with Gasteiger partial charge in [0.15, 0.2) is 6.10 Å². The van der Waals surface area contributed by atoms with E-state index in [1.165, 1.54) is 19.8 Å². The summed E-state index contributed by atoms with van der Waals surface area (Å²) < 4.78 is 33.5. The Hall–Kier alpha value is -2.10. The normalized spacial score (nSPS) is 16.9. The quantitative estimate of drug-likeness (QED) is 0.240.